The number of aromatic nitrogens is 2. The van der Waals surface area contributed by atoms with Crippen LogP contribution >= 0.6 is 11.8 Å². The molecule has 0 spiro atoms. The van der Waals surface area contributed by atoms with E-state index >= 15 is 0 Å². The van der Waals surface area contributed by atoms with Crippen LogP contribution in [0.4, 0.5) is 5.82 Å². The van der Waals surface area contributed by atoms with Crippen molar-refractivity contribution in [2.75, 3.05) is 31.1 Å². The second-order valence-electron chi connectivity index (χ2n) is 5.56. The number of rotatable bonds is 4. The number of hydrogen-bond acceptors (Lipinski definition) is 4. The highest BCUT2D eigenvalue weighted by Crippen LogP contribution is 2.30. The molecule has 4 nitrogen and oxygen atoms in total. The Balaban J connectivity index is 1.70. The number of hydrogen-bond donors (Lipinski definition) is 1. The van der Waals surface area contributed by atoms with E-state index < -0.39 is 0 Å². The molecule has 0 saturated carbocycles. The summed E-state index contributed by atoms with van der Waals surface area (Å²) in [6.07, 6.45) is 4.38. The Hall–Kier alpha value is -0.680. The van der Waals surface area contributed by atoms with Gasteiger partial charge in [-0.3, -0.25) is 4.68 Å². The Morgan fingerprint density at radius 2 is 2.22 bits per heavy atom. The third-order valence-corrected chi connectivity index (χ3v) is 4.83. The molecule has 5 heteroatoms. The van der Waals surface area contributed by atoms with Gasteiger partial charge in [0.15, 0.2) is 0 Å². The Labute approximate surface area is 114 Å². The fourth-order valence-electron chi connectivity index (χ4n) is 2.24. The molecule has 1 fully saturated rings. The molecule has 102 valence electrons. The summed E-state index contributed by atoms with van der Waals surface area (Å²) < 4.78 is 2.39. The van der Waals surface area contributed by atoms with Crippen molar-refractivity contribution in [3.63, 3.8) is 0 Å². The highest BCUT2D eigenvalue weighted by molar-refractivity contribution is 8.00. The van der Waals surface area contributed by atoms with Crippen LogP contribution < -0.4 is 5.73 Å². The summed E-state index contributed by atoms with van der Waals surface area (Å²) >= 11 is 2.10. The van der Waals surface area contributed by atoms with E-state index in [9.17, 15) is 0 Å². The maximum Gasteiger partial charge on any atom is 0.145 e. The van der Waals surface area contributed by atoms with E-state index in [0.717, 1.165) is 19.5 Å². The Morgan fingerprint density at radius 1 is 1.39 bits per heavy atom. The maximum atomic E-state index is 5.60. The van der Waals surface area contributed by atoms with E-state index in [4.69, 9.17) is 5.73 Å². The van der Waals surface area contributed by atoms with Crippen LogP contribution in [-0.4, -0.2) is 44.8 Å². The number of anilines is 1. The van der Waals surface area contributed by atoms with Gasteiger partial charge in [0.1, 0.15) is 5.82 Å². The van der Waals surface area contributed by atoms with Gasteiger partial charge >= 0.3 is 0 Å². The summed E-state index contributed by atoms with van der Waals surface area (Å²) in [4.78, 5) is 2.58. The topological polar surface area (TPSA) is 47.1 Å². The molecule has 0 bridgehead atoms. The van der Waals surface area contributed by atoms with Crippen LogP contribution in [0.5, 0.6) is 0 Å². The molecule has 1 aromatic rings. The van der Waals surface area contributed by atoms with Gasteiger partial charge < -0.3 is 10.6 Å². The molecule has 0 aliphatic carbocycles. The lowest BCUT2D eigenvalue weighted by molar-refractivity contribution is 0.273. The van der Waals surface area contributed by atoms with Crippen molar-refractivity contribution in [1.29, 1.82) is 0 Å². The first kappa shape index (κ1) is 13.7. The average Bonchev–Trinajstić information content (AvgIpc) is 2.63. The van der Waals surface area contributed by atoms with Crippen LogP contribution in [0, 0.1) is 0 Å². The van der Waals surface area contributed by atoms with Gasteiger partial charge in [-0.25, -0.2) is 0 Å². The predicted molar refractivity (Wildman–Crippen MR) is 78.9 cm³/mol. The zero-order valence-electron chi connectivity index (χ0n) is 11.4. The summed E-state index contributed by atoms with van der Waals surface area (Å²) in [5.74, 6) is 1.87. The minimum atomic E-state index is 0.450. The van der Waals surface area contributed by atoms with E-state index in [1.807, 2.05) is 16.9 Å². The SMILES string of the molecule is CC1(C)CCN(CCCn2ccc(N)n2)CCS1. The van der Waals surface area contributed by atoms with Crippen LogP contribution in [0.25, 0.3) is 0 Å². The van der Waals surface area contributed by atoms with E-state index in [-0.39, 0.29) is 0 Å². The first-order chi connectivity index (χ1) is 8.55. The Kier molecular flexibility index (Phi) is 4.56. The zero-order valence-corrected chi connectivity index (χ0v) is 12.2. The quantitative estimate of drug-likeness (QED) is 0.908. The lowest BCUT2D eigenvalue weighted by Gasteiger charge is -2.22. The molecular formula is C13H24N4S. The van der Waals surface area contributed by atoms with Gasteiger partial charge in [0.2, 0.25) is 0 Å². The van der Waals surface area contributed by atoms with Crippen LogP contribution in [0.15, 0.2) is 12.3 Å². The second-order valence-corrected chi connectivity index (χ2v) is 7.36. The molecule has 2 N–H and O–H groups in total. The molecule has 0 amide bonds. The van der Waals surface area contributed by atoms with Gasteiger partial charge in [0, 0.05) is 29.8 Å². The van der Waals surface area contributed by atoms with Crippen molar-refractivity contribution in [2.45, 2.75) is 38.0 Å². The number of nitrogen functional groups attached to an aromatic ring is 1. The summed E-state index contributed by atoms with van der Waals surface area (Å²) in [7, 11) is 0. The minimum absolute atomic E-state index is 0.450. The lowest BCUT2D eigenvalue weighted by Crippen LogP contribution is -2.29. The van der Waals surface area contributed by atoms with Crippen molar-refractivity contribution < 1.29 is 0 Å². The van der Waals surface area contributed by atoms with Crippen LogP contribution in [0.2, 0.25) is 0 Å². The normalized spacial score (nSPS) is 20.8. The molecule has 18 heavy (non-hydrogen) atoms. The molecular weight excluding hydrogens is 244 g/mol. The summed E-state index contributed by atoms with van der Waals surface area (Å²) in [5, 5.41) is 4.21. The third-order valence-electron chi connectivity index (χ3n) is 3.45. The molecule has 1 aliphatic heterocycles. The second kappa shape index (κ2) is 5.97. The first-order valence-electron chi connectivity index (χ1n) is 6.70. The van der Waals surface area contributed by atoms with Gasteiger partial charge in [-0.05, 0) is 32.0 Å². The molecule has 2 heterocycles. The monoisotopic (exact) mass is 268 g/mol. The number of nitrogens with two attached hydrogens (primary N) is 1. The van der Waals surface area contributed by atoms with Crippen molar-refractivity contribution in [2.24, 2.45) is 0 Å². The zero-order chi connectivity index (χ0) is 13.0. The Bertz CT molecular complexity index is 375. The van der Waals surface area contributed by atoms with Crippen molar-refractivity contribution in [3.05, 3.63) is 12.3 Å². The van der Waals surface area contributed by atoms with Gasteiger partial charge in [-0.1, -0.05) is 13.8 Å². The largest absolute Gasteiger partial charge is 0.382 e. The van der Waals surface area contributed by atoms with E-state index in [0.29, 0.717) is 10.6 Å². The fourth-order valence-corrected chi connectivity index (χ4v) is 3.38. The van der Waals surface area contributed by atoms with Crippen LogP contribution in [0.3, 0.4) is 0 Å². The molecule has 1 saturated heterocycles. The van der Waals surface area contributed by atoms with Gasteiger partial charge in [0.25, 0.3) is 0 Å². The van der Waals surface area contributed by atoms with E-state index in [1.165, 1.54) is 25.3 Å². The van der Waals surface area contributed by atoms with Crippen molar-refractivity contribution in [1.82, 2.24) is 14.7 Å². The van der Waals surface area contributed by atoms with Gasteiger partial charge in [-0.15, -0.1) is 0 Å². The van der Waals surface area contributed by atoms with Gasteiger partial charge in [0.05, 0.1) is 0 Å². The number of aryl methyl sites for hydroxylation is 1. The number of nitrogens with zero attached hydrogens (tertiary/aromatic N) is 3. The first-order valence-corrected chi connectivity index (χ1v) is 7.69. The summed E-state index contributed by atoms with van der Waals surface area (Å²) in [6, 6.07) is 1.85. The molecule has 0 aromatic carbocycles. The molecule has 0 atom stereocenters. The average molecular weight is 268 g/mol. The maximum absolute atomic E-state index is 5.60. The highest BCUT2D eigenvalue weighted by Gasteiger charge is 2.23. The third kappa shape index (κ3) is 4.21. The summed E-state index contributed by atoms with van der Waals surface area (Å²) in [6.45, 7) is 9.28. The smallest absolute Gasteiger partial charge is 0.145 e. The standard InChI is InChI=1S/C13H24N4S/c1-13(2)5-9-16(10-11-18-13)6-3-7-17-8-4-12(14)15-17/h4,8H,3,5-7,9-11H2,1-2H3,(H2,14,15). The predicted octanol–water partition coefficient (Wildman–Crippen LogP) is 2.07. The fraction of sp³-hybridized carbons (Fsp3) is 0.769. The molecule has 1 aliphatic rings. The molecule has 0 unspecified atom stereocenters. The van der Waals surface area contributed by atoms with Crippen molar-refractivity contribution >= 4 is 17.6 Å². The minimum Gasteiger partial charge on any atom is -0.382 e. The molecule has 0 radical (unpaired) electrons. The van der Waals surface area contributed by atoms with Gasteiger partial charge in [-0.2, -0.15) is 16.9 Å². The highest BCUT2D eigenvalue weighted by atomic mass is 32.2. The van der Waals surface area contributed by atoms with Crippen LogP contribution in [0.1, 0.15) is 26.7 Å². The van der Waals surface area contributed by atoms with E-state index in [2.05, 4.69) is 35.6 Å². The van der Waals surface area contributed by atoms with Crippen molar-refractivity contribution in [3.8, 4) is 0 Å². The molecule has 2 rings (SSSR count). The summed E-state index contributed by atoms with van der Waals surface area (Å²) in [5.41, 5.74) is 5.60. The van der Waals surface area contributed by atoms with E-state index in [1.54, 1.807) is 0 Å². The Morgan fingerprint density at radius 3 is 2.94 bits per heavy atom. The van der Waals surface area contributed by atoms with Crippen LogP contribution in [-0.2, 0) is 6.54 Å². The molecule has 1 aromatic heterocycles. The lowest BCUT2D eigenvalue weighted by atomic mass is 10.1. The number of thioether (sulfide) groups is 1.